The largest absolute Gasteiger partial charge is 0.497 e. The molecule has 4 aromatic rings. The number of carbonyl (C=O) groups excluding carboxylic acids is 2. The fraction of sp³-hybridized carbons (Fsp3) is 0.265. The standard InChI is InChI=1S/C34H33N3O8S/c1-42-26-14-10-23(11-15-26)31-29(21-35)33(45-32(31)24-12-16-27(43-2)17-13-24)36-30(38)22-44-34(39)25-8-7-9-28(20-25)46(40,41)37-18-5-3-4-6-19-37/h7-17,20H,3-6,18-19,22H2,1-2H3,(H,36,38). The molecule has 46 heavy (non-hydrogen) atoms. The van der Waals surface area contributed by atoms with E-state index in [0.717, 1.165) is 25.7 Å². The van der Waals surface area contributed by atoms with Crippen molar-refractivity contribution in [2.24, 2.45) is 0 Å². The van der Waals surface area contributed by atoms with Gasteiger partial charge in [-0.05, 0) is 73.0 Å². The van der Waals surface area contributed by atoms with Gasteiger partial charge in [-0.2, -0.15) is 9.57 Å². The Morgan fingerprint density at radius 2 is 1.50 bits per heavy atom. The van der Waals surface area contributed by atoms with Gasteiger partial charge < -0.3 is 18.6 Å². The topological polar surface area (TPSA) is 148 Å². The molecule has 1 amide bonds. The van der Waals surface area contributed by atoms with Crippen molar-refractivity contribution in [1.29, 1.82) is 5.26 Å². The Morgan fingerprint density at radius 3 is 2.09 bits per heavy atom. The number of amides is 1. The second-order valence-electron chi connectivity index (χ2n) is 10.5. The summed E-state index contributed by atoms with van der Waals surface area (Å²) < 4.78 is 49.6. The third kappa shape index (κ3) is 7.06. The molecule has 238 valence electrons. The van der Waals surface area contributed by atoms with E-state index in [4.69, 9.17) is 18.6 Å². The average molecular weight is 644 g/mol. The number of carbonyl (C=O) groups is 2. The van der Waals surface area contributed by atoms with Gasteiger partial charge in [0.15, 0.2) is 6.61 Å². The van der Waals surface area contributed by atoms with Crippen LogP contribution in [-0.4, -0.2) is 58.5 Å². The summed E-state index contributed by atoms with van der Waals surface area (Å²) in [5, 5.41) is 12.7. The van der Waals surface area contributed by atoms with E-state index in [1.54, 1.807) is 62.8 Å². The lowest BCUT2D eigenvalue weighted by atomic mass is 9.98. The van der Waals surface area contributed by atoms with Crippen LogP contribution in [0.4, 0.5) is 5.88 Å². The molecule has 0 saturated carbocycles. The molecule has 1 aliphatic rings. The van der Waals surface area contributed by atoms with Crippen LogP contribution < -0.4 is 14.8 Å². The molecule has 0 radical (unpaired) electrons. The number of hydrogen-bond donors (Lipinski definition) is 1. The molecule has 1 saturated heterocycles. The molecule has 1 N–H and O–H groups in total. The molecule has 0 unspecified atom stereocenters. The van der Waals surface area contributed by atoms with Gasteiger partial charge in [0.1, 0.15) is 28.9 Å². The van der Waals surface area contributed by atoms with Crippen LogP contribution in [-0.2, 0) is 19.6 Å². The van der Waals surface area contributed by atoms with Crippen molar-refractivity contribution in [2.75, 3.05) is 39.2 Å². The SMILES string of the molecule is COc1ccc(-c2oc(NC(=O)COC(=O)c3cccc(S(=O)(=O)N4CCCCCC4)c3)c(C#N)c2-c2ccc(OC)cc2)cc1. The minimum absolute atomic E-state index is 0.0111. The van der Waals surface area contributed by atoms with E-state index in [0.29, 0.717) is 47.0 Å². The number of nitrogens with one attached hydrogen (secondary N) is 1. The average Bonchev–Trinajstić information content (AvgIpc) is 3.23. The van der Waals surface area contributed by atoms with Crippen molar-refractivity contribution >= 4 is 27.8 Å². The summed E-state index contributed by atoms with van der Waals surface area (Å²) in [6.45, 7) is 0.146. The summed E-state index contributed by atoms with van der Waals surface area (Å²) in [6.07, 6.45) is 3.50. The number of furan rings is 1. The van der Waals surface area contributed by atoms with Crippen LogP contribution in [0, 0.1) is 11.3 Å². The number of ether oxygens (including phenoxy) is 3. The lowest BCUT2D eigenvalue weighted by Gasteiger charge is -2.20. The van der Waals surface area contributed by atoms with E-state index >= 15 is 0 Å². The van der Waals surface area contributed by atoms with Crippen molar-refractivity contribution in [3.05, 3.63) is 83.9 Å². The Hall–Kier alpha value is -5.12. The molecule has 1 aromatic heterocycles. The lowest BCUT2D eigenvalue weighted by Crippen LogP contribution is -2.32. The number of nitrogens with zero attached hydrogens (tertiary/aromatic N) is 2. The van der Waals surface area contributed by atoms with Gasteiger partial charge in [0.25, 0.3) is 5.91 Å². The van der Waals surface area contributed by atoms with Gasteiger partial charge in [0, 0.05) is 24.2 Å². The molecule has 0 spiro atoms. The van der Waals surface area contributed by atoms with E-state index in [1.165, 1.54) is 28.6 Å². The Balaban J connectivity index is 1.35. The van der Waals surface area contributed by atoms with E-state index < -0.39 is 28.5 Å². The lowest BCUT2D eigenvalue weighted by molar-refractivity contribution is -0.119. The molecule has 0 aliphatic carbocycles. The summed E-state index contributed by atoms with van der Waals surface area (Å²) in [5.74, 6) is -0.167. The number of benzene rings is 3. The molecule has 0 atom stereocenters. The molecule has 1 fully saturated rings. The van der Waals surface area contributed by atoms with Gasteiger partial charge in [0.2, 0.25) is 15.9 Å². The summed E-state index contributed by atoms with van der Waals surface area (Å²) in [6, 6.07) is 21.7. The van der Waals surface area contributed by atoms with Crippen LogP contribution in [0.5, 0.6) is 11.5 Å². The van der Waals surface area contributed by atoms with Crippen LogP contribution in [0.25, 0.3) is 22.5 Å². The molecular formula is C34H33N3O8S. The van der Waals surface area contributed by atoms with Gasteiger partial charge in [-0.1, -0.05) is 31.0 Å². The van der Waals surface area contributed by atoms with Crippen LogP contribution in [0.2, 0.25) is 0 Å². The molecule has 0 bridgehead atoms. The first kappa shape index (κ1) is 32.3. The van der Waals surface area contributed by atoms with Crippen LogP contribution >= 0.6 is 0 Å². The normalized spacial score (nSPS) is 13.7. The van der Waals surface area contributed by atoms with Crippen LogP contribution in [0.15, 0.2) is 82.1 Å². The number of anilines is 1. The number of rotatable bonds is 10. The highest BCUT2D eigenvalue weighted by molar-refractivity contribution is 7.89. The van der Waals surface area contributed by atoms with E-state index in [1.807, 2.05) is 0 Å². The number of methoxy groups -OCH3 is 2. The maximum Gasteiger partial charge on any atom is 0.338 e. The summed E-state index contributed by atoms with van der Waals surface area (Å²) in [5.41, 5.74) is 1.79. The fourth-order valence-corrected chi connectivity index (χ4v) is 6.76. The number of esters is 1. The molecule has 2 heterocycles. The number of hydrogen-bond acceptors (Lipinski definition) is 9. The molecule has 12 heteroatoms. The third-order valence-electron chi connectivity index (χ3n) is 7.61. The minimum atomic E-state index is -3.79. The van der Waals surface area contributed by atoms with E-state index in [2.05, 4.69) is 11.4 Å². The van der Waals surface area contributed by atoms with Crippen LogP contribution in [0.3, 0.4) is 0 Å². The maximum absolute atomic E-state index is 13.2. The van der Waals surface area contributed by atoms with Gasteiger partial charge in [-0.25, -0.2) is 13.2 Å². The predicted molar refractivity (Wildman–Crippen MR) is 170 cm³/mol. The first-order valence-electron chi connectivity index (χ1n) is 14.7. The van der Waals surface area contributed by atoms with Gasteiger partial charge in [-0.15, -0.1) is 0 Å². The first-order chi connectivity index (χ1) is 22.2. The molecule has 5 rings (SSSR count). The Labute approximate surface area is 267 Å². The second kappa shape index (κ2) is 14.3. The highest BCUT2D eigenvalue weighted by Gasteiger charge is 2.27. The second-order valence-corrected chi connectivity index (χ2v) is 12.5. The van der Waals surface area contributed by atoms with Gasteiger partial charge >= 0.3 is 5.97 Å². The Morgan fingerprint density at radius 1 is 0.891 bits per heavy atom. The molecular weight excluding hydrogens is 610 g/mol. The number of nitriles is 1. The van der Waals surface area contributed by atoms with Crippen molar-refractivity contribution in [3.8, 4) is 40.0 Å². The quantitative estimate of drug-likeness (QED) is 0.210. The molecule has 3 aromatic carbocycles. The van der Waals surface area contributed by atoms with Crippen molar-refractivity contribution in [2.45, 2.75) is 30.6 Å². The summed E-state index contributed by atoms with van der Waals surface area (Å²) >= 11 is 0. The fourth-order valence-electron chi connectivity index (χ4n) is 5.20. The molecule has 1 aliphatic heterocycles. The third-order valence-corrected chi connectivity index (χ3v) is 9.51. The summed E-state index contributed by atoms with van der Waals surface area (Å²) in [4.78, 5) is 25.8. The van der Waals surface area contributed by atoms with Gasteiger partial charge in [-0.3, -0.25) is 10.1 Å². The zero-order valence-corrected chi connectivity index (χ0v) is 26.3. The zero-order valence-electron chi connectivity index (χ0n) is 25.4. The zero-order chi connectivity index (χ0) is 32.7. The minimum Gasteiger partial charge on any atom is -0.497 e. The molecule has 11 nitrogen and oxygen atoms in total. The Kier molecular flexibility index (Phi) is 10.0. The maximum atomic E-state index is 13.2. The van der Waals surface area contributed by atoms with Crippen molar-refractivity contribution < 1.29 is 36.6 Å². The summed E-state index contributed by atoms with van der Waals surface area (Å²) in [7, 11) is -0.690. The van der Waals surface area contributed by atoms with Crippen LogP contribution in [0.1, 0.15) is 41.6 Å². The van der Waals surface area contributed by atoms with Crippen molar-refractivity contribution in [3.63, 3.8) is 0 Å². The highest BCUT2D eigenvalue weighted by Crippen LogP contribution is 2.42. The van der Waals surface area contributed by atoms with E-state index in [9.17, 15) is 23.3 Å². The number of sulfonamides is 1. The van der Waals surface area contributed by atoms with Gasteiger partial charge in [0.05, 0.1) is 24.7 Å². The smallest absolute Gasteiger partial charge is 0.338 e. The Bertz CT molecular complexity index is 1850. The van der Waals surface area contributed by atoms with Crippen molar-refractivity contribution in [1.82, 2.24) is 4.31 Å². The highest BCUT2D eigenvalue weighted by atomic mass is 32.2. The monoisotopic (exact) mass is 643 g/mol. The first-order valence-corrected chi connectivity index (χ1v) is 16.1. The van der Waals surface area contributed by atoms with E-state index in [-0.39, 0.29) is 21.9 Å². The predicted octanol–water partition coefficient (Wildman–Crippen LogP) is 5.86.